The Bertz CT molecular complexity index is 1260. The lowest BCUT2D eigenvalue weighted by Gasteiger charge is -2.12. The van der Waals surface area contributed by atoms with Crippen molar-refractivity contribution in [2.75, 3.05) is 0 Å². The van der Waals surface area contributed by atoms with Crippen LogP contribution >= 0.6 is 11.3 Å². The second kappa shape index (κ2) is 9.54. The number of benzene rings is 2. The van der Waals surface area contributed by atoms with E-state index in [9.17, 15) is 22.7 Å². The van der Waals surface area contributed by atoms with E-state index in [0.717, 1.165) is 38.5 Å². The average molecular weight is 476 g/mol. The van der Waals surface area contributed by atoms with Gasteiger partial charge in [-0.1, -0.05) is 24.3 Å². The van der Waals surface area contributed by atoms with Gasteiger partial charge in [0.05, 0.1) is 27.7 Å². The van der Waals surface area contributed by atoms with Gasteiger partial charge < -0.3 is 10.8 Å². The molecule has 4 aromatic rings. The summed E-state index contributed by atoms with van der Waals surface area (Å²) < 4.78 is 51.6. The molecule has 33 heavy (non-hydrogen) atoms. The Morgan fingerprint density at radius 1 is 1.03 bits per heavy atom. The third-order valence-corrected chi connectivity index (χ3v) is 6.56. The molecule has 0 fully saturated rings. The molecule has 2 aromatic heterocycles. The van der Waals surface area contributed by atoms with Crippen molar-refractivity contribution >= 4 is 22.1 Å². The van der Waals surface area contributed by atoms with Crippen molar-refractivity contribution in [1.29, 1.82) is 0 Å². The minimum absolute atomic E-state index is 0.230. The predicted octanol–water partition coefficient (Wildman–Crippen LogP) is 5.51. The van der Waals surface area contributed by atoms with E-state index < -0.39 is 17.7 Å². The maximum Gasteiger partial charge on any atom is 0.416 e. The standard InChI is InChI=1S/C24H21F4N3OS/c25-21-11-17-10-15(3-4-16(17)12-30-21)23-20(13-32)31-22(33-23)8-7-19(29)9-14-1-5-18(6-2-14)24(26,27)28/h1-6,10-12,19,32H,7-9,13,29H2. The third-order valence-electron chi connectivity index (χ3n) is 5.35. The highest BCUT2D eigenvalue weighted by atomic mass is 32.1. The van der Waals surface area contributed by atoms with Crippen LogP contribution in [0, 0.1) is 5.95 Å². The summed E-state index contributed by atoms with van der Waals surface area (Å²) in [4.78, 5) is 8.99. The number of aliphatic hydroxyl groups is 1. The number of hydrogen-bond donors (Lipinski definition) is 2. The van der Waals surface area contributed by atoms with Crippen molar-refractivity contribution < 1.29 is 22.7 Å². The molecular formula is C24H21F4N3OS. The first-order chi connectivity index (χ1) is 15.7. The number of aromatic nitrogens is 2. The molecule has 0 aliphatic carbocycles. The molecule has 0 radical (unpaired) electrons. The SMILES string of the molecule is NC(CCc1nc(CO)c(-c2ccc3cnc(F)cc3c2)s1)Cc1ccc(C(F)(F)F)cc1. The molecule has 0 saturated heterocycles. The van der Waals surface area contributed by atoms with E-state index in [4.69, 9.17) is 5.73 Å². The fraction of sp³-hybridized carbons (Fsp3) is 0.250. The molecule has 0 aliphatic rings. The predicted molar refractivity (Wildman–Crippen MR) is 120 cm³/mol. The Kier molecular flexibility index (Phi) is 6.73. The topological polar surface area (TPSA) is 72.0 Å². The first kappa shape index (κ1) is 23.3. The van der Waals surface area contributed by atoms with Crippen molar-refractivity contribution in [2.45, 2.75) is 38.1 Å². The zero-order valence-corrected chi connectivity index (χ0v) is 18.3. The normalized spacial score (nSPS) is 12.9. The van der Waals surface area contributed by atoms with E-state index in [1.165, 1.54) is 35.7 Å². The minimum atomic E-state index is -4.36. The number of alkyl halides is 3. The van der Waals surface area contributed by atoms with Crippen LogP contribution in [0.25, 0.3) is 21.2 Å². The van der Waals surface area contributed by atoms with Crippen molar-refractivity contribution in [1.82, 2.24) is 9.97 Å². The Balaban J connectivity index is 1.44. The van der Waals surface area contributed by atoms with Crippen LogP contribution in [-0.2, 0) is 25.6 Å². The van der Waals surface area contributed by atoms with Crippen molar-refractivity contribution in [2.24, 2.45) is 5.73 Å². The Labute approximate surface area is 191 Å². The summed E-state index contributed by atoms with van der Waals surface area (Å²) in [5, 5.41) is 12.1. The van der Waals surface area contributed by atoms with Crippen LogP contribution in [0.3, 0.4) is 0 Å². The lowest BCUT2D eigenvalue weighted by Crippen LogP contribution is -2.23. The molecular weight excluding hydrogens is 454 g/mol. The molecule has 1 unspecified atom stereocenters. The zero-order valence-electron chi connectivity index (χ0n) is 17.4. The van der Waals surface area contributed by atoms with Gasteiger partial charge in [-0.25, -0.2) is 9.97 Å². The summed E-state index contributed by atoms with van der Waals surface area (Å²) in [5.41, 5.74) is 7.64. The van der Waals surface area contributed by atoms with Crippen LogP contribution in [0.2, 0.25) is 0 Å². The zero-order chi connectivity index (χ0) is 23.6. The first-order valence-corrected chi connectivity index (χ1v) is 11.1. The molecule has 0 spiro atoms. The van der Waals surface area contributed by atoms with E-state index in [1.807, 2.05) is 18.2 Å². The monoisotopic (exact) mass is 475 g/mol. The number of aliphatic hydroxyl groups excluding tert-OH is 1. The molecule has 3 N–H and O–H groups in total. The number of halogens is 4. The van der Waals surface area contributed by atoms with Crippen LogP contribution in [0.15, 0.2) is 54.7 Å². The highest BCUT2D eigenvalue weighted by molar-refractivity contribution is 7.15. The quantitative estimate of drug-likeness (QED) is 0.273. The number of hydrogen-bond acceptors (Lipinski definition) is 5. The summed E-state index contributed by atoms with van der Waals surface area (Å²) in [7, 11) is 0. The number of aryl methyl sites for hydroxylation is 1. The lowest BCUT2D eigenvalue weighted by molar-refractivity contribution is -0.137. The van der Waals surface area contributed by atoms with Crippen LogP contribution in [0.4, 0.5) is 17.6 Å². The largest absolute Gasteiger partial charge is 0.416 e. The molecule has 4 nitrogen and oxygen atoms in total. The van der Waals surface area contributed by atoms with Gasteiger partial charge in [0.15, 0.2) is 0 Å². The average Bonchev–Trinajstić information content (AvgIpc) is 3.20. The van der Waals surface area contributed by atoms with E-state index in [1.54, 1.807) is 0 Å². The number of nitrogens with two attached hydrogens (primary N) is 1. The van der Waals surface area contributed by atoms with E-state index >= 15 is 0 Å². The minimum Gasteiger partial charge on any atom is -0.390 e. The summed E-state index contributed by atoms with van der Waals surface area (Å²) in [6.45, 7) is -0.230. The number of nitrogens with zero attached hydrogens (tertiary/aromatic N) is 2. The molecule has 2 heterocycles. The van der Waals surface area contributed by atoms with E-state index in [-0.39, 0.29) is 12.6 Å². The highest BCUT2D eigenvalue weighted by Crippen LogP contribution is 2.33. The number of rotatable bonds is 7. The molecule has 0 saturated carbocycles. The summed E-state index contributed by atoms with van der Waals surface area (Å²) in [6.07, 6.45) is -1.27. The van der Waals surface area contributed by atoms with E-state index in [0.29, 0.717) is 30.3 Å². The van der Waals surface area contributed by atoms with Crippen LogP contribution in [0.1, 0.15) is 28.2 Å². The second-order valence-corrected chi connectivity index (χ2v) is 8.89. The van der Waals surface area contributed by atoms with E-state index in [2.05, 4.69) is 9.97 Å². The van der Waals surface area contributed by atoms with Gasteiger partial charge >= 0.3 is 6.18 Å². The third kappa shape index (κ3) is 5.55. The van der Waals surface area contributed by atoms with Gasteiger partial charge in [0, 0.05) is 30.1 Å². The number of pyridine rings is 1. The van der Waals surface area contributed by atoms with Gasteiger partial charge in [0.25, 0.3) is 0 Å². The second-order valence-electron chi connectivity index (χ2n) is 7.81. The molecule has 0 bridgehead atoms. The van der Waals surface area contributed by atoms with Gasteiger partial charge in [-0.15, -0.1) is 11.3 Å². The summed E-state index contributed by atoms with van der Waals surface area (Å²) >= 11 is 1.44. The number of fused-ring (bicyclic) bond motifs is 1. The van der Waals surface area contributed by atoms with Crippen LogP contribution in [0.5, 0.6) is 0 Å². The smallest absolute Gasteiger partial charge is 0.390 e. The highest BCUT2D eigenvalue weighted by Gasteiger charge is 2.30. The summed E-state index contributed by atoms with van der Waals surface area (Å²) in [6, 6.07) is 11.7. The van der Waals surface area contributed by atoms with Crippen LogP contribution in [-0.4, -0.2) is 21.1 Å². The van der Waals surface area contributed by atoms with Gasteiger partial charge in [-0.3, -0.25) is 0 Å². The molecule has 0 amide bonds. The molecule has 9 heteroatoms. The van der Waals surface area contributed by atoms with Gasteiger partial charge in [-0.05, 0) is 47.6 Å². The Morgan fingerprint density at radius 3 is 2.48 bits per heavy atom. The van der Waals surface area contributed by atoms with Gasteiger partial charge in [0.1, 0.15) is 0 Å². The fourth-order valence-electron chi connectivity index (χ4n) is 3.64. The lowest BCUT2D eigenvalue weighted by atomic mass is 10.0. The van der Waals surface area contributed by atoms with Crippen molar-refractivity contribution in [3.63, 3.8) is 0 Å². The maximum atomic E-state index is 13.5. The Morgan fingerprint density at radius 2 is 1.79 bits per heavy atom. The van der Waals surface area contributed by atoms with Gasteiger partial charge in [-0.2, -0.15) is 17.6 Å². The molecule has 0 aliphatic heterocycles. The Hall–Kier alpha value is -2.88. The molecule has 4 rings (SSSR count). The molecule has 172 valence electrons. The van der Waals surface area contributed by atoms with Crippen molar-refractivity contribution in [3.05, 3.63) is 82.5 Å². The fourth-order valence-corrected chi connectivity index (χ4v) is 4.72. The van der Waals surface area contributed by atoms with Crippen LogP contribution < -0.4 is 5.73 Å². The summed E-state index contributed by atoms with van der Waals surface area (Å²) in [5.74, 6) is -0.561. The first-order valence-electron chi connectivity index (χ1n) is 10.3. The van der Waals surface area contributed by atoms with Gasteiger partial charge in [0.2, 0.25) is 5.95 Å². The molecule has 2 aromatic carbocycles. The molecule has 1 atom stereocenters. The maximum absolute atomic E-state index is 13.5. The van der Waals surface area contributed by atoms with Crippen molar-refractivity contribution in [3.8, 4) is 10.4 Å². The number of thiazole rings is 1.